The molecule has 0 radical (unpaired) electrons. The molecule has 1 aromatic carbocycles. The second-order valence-corrected chi connectivity index (χ2v) is 4.41. The molecule has 2 rings (SSSR count). The Balaban J connectivity index is 2.51. The number of para-hydroxylation sites is 2. The summed E-state index contributed by atoms with van der Waals surface area (Å²) in [6, 6.07) is 8.35. The van der Waals surface area contributed by atoms with E-state index in [1.807, 2.05) is 26.0 Å². The molecule has 2 N–H and O–H groups in total. The van der Waals surface area contributed by atoms with Gasteiger partial charge in [0, 0.05) is 12.6 Å². The highest BCUT2D eigenvalue weighted by molar-refractivity contribution is 5.46. The molecular weight excluding hydrogens is 270 g/mol. The monoisotopic (exact) mass is 289 g/mol. The van der Waals surface area contributed by atoms with E-state index in [-0.39, 0.29) is 5.75 Å². The molecule has 1 heterocycles. The fourth-order valence-electron chi connectivity index (χ4n) is 1.93. The van der Waals surface area contributed by atoms with Gasteiger partial charge in [0.2, 0.25) is 0 Å². The second kappa shape index (κ2) is 6.90. The van der Waals surface area contributed by atoms with E-state index in [0.29, 0.717) is 30.3 Å². The van der Waals surface area contributed by atoms with Crippen LogP contribution in [0.2, 0.25) is 0 Å². The first-order chi connectivity index (χ1) is 10.2. The van der Waals surface area contributed by atoms with E-state index in [0.717, 1.165) is 6.54 Å². The molecule has 0 amide bonds. The van der Waals surface area contributed by atoms with Crippen LogP contribution in [0.15, 0.2) is 35.1 Å². The molecule has 0 aliphatic carbocycles. The van der Waals surface area contributed by atoms with Crippen LogP contribution in [0.3, 0.4) is 0 Å². The average Bonchev–Trinajstić information content (AvgIpc) is 2.48. The summed E-state index contributed by atoms with van der Waals surface area (Å²) >= 11 is 0. The molecule has 112 valence electrons. The average molecular weight is 289 g/mol. The van der Waals surface area contributed by atoms with Crippen LogP contribution in [0.1, 0.15) is 19.5 Å². The summed E-state index contributed by atoms with van der Waals surface area (Å²) in [5.41, 5.74) is 0.574. The molecule has 0 saturated heterocycles. The van der Waals surface area contributed by atoms with Gasteiger partial charge in [0.05, 0.1) is 6.61 Å². The lowest BCUT2D eigenvalue weighted by molar-refractivity contribution is 0.337. The number of nitrogens with one attached hydrogen (secondary N) is 1. The summed E-state index contributed by atoms with van der Waals surface area (Å²) in [7, 11) is 0. The summed E-state index contributed by atoms with van der Waals surface area (Å²) in [5.74, 6) is 0.473. The van der Waals surface area contributed by atoms with Gasteiger partial charge >= 0.3 is 0 Å². The van der Waals surface area contributed by atoms with Gasteiger partial charge in [0.15, 0.2) is 0 Å². The molecule has 0 unspecified atom stereocenters. The number of rotatable bonds is 6. The minimum Gasteiger partial charge on any atom is -0.506 e. The van der Waals surface area contributed by atoms with Crippen molar-refractivity contribution in [1.29, 1.82) is 0 Å². The highest BCUT2D eigenvalue weighted by Gasteiger charge is 2.12. The molecule has 2 aromatic rings. The van der Waals surface area contributed by atoms with Crippen LogP contribution in [0.25, 0.3) is 5.69 Å². The Labute approximate surface area is 123 Å². The molecule has 1 aromatic heterocycles. The van der Waals surface area contributed by atoms with Crippen LogP contribution in [-0.4, -0.2) is 28.0 Å². The maximum atomic E-state index is 12.1. The largest absolute Gasteiger partial charge is 0.506 e. The molecular formula is C15H19N3O3. The summed E-state index contributed by atoms with van der Waals surface area (Å²) in [5, 5.41) is 17.1. The number of hydrogen-bond donors (Lipinski definition) is 2. The Morgan fingerprint density at radius 1 is 1.33 bits per heavy atom. The molecule has 0 bridgehead atoms. The van der Waals surface area contributed by atoms with Gasteiger partial charge in [-0.05, 0) is 25.6 Å². The smallest absolute Gasteiger partial charge is 0.275 e. The van der Waals surface area contributed by atoms with Gasteiger partial charge in [-0.1, -0.05) is 19.1 Å². The lowest BCUT2D eigenvalue weighted by atomic mass is 10.3. The van der Waals surface area contributed by atoms with Gasteiger partial charge in [0.25, 0.3) is 5.56 Å². The second-order valence-electron chi connectivity index (χ2n) is 4.41. The lowest BCUT2D eigenvalue weighted by Crippen LogP contribution is -2.24. The molecule has 0 atom stereocenters. The normalized spacial score (nSPS) is 10.6. The Morgan fingerprint density at radius 3 is 2.81 bits per heavy atom. The van der Waals surface area contributed by atoms with Gasteiger partial charge < -0.3 is 15.2 Å². The van der Waals surface area contributed by atoms with E-state index < -0.39 is 5.56 Å². The van der Waals surface area contributed by atoms with Gasteiger partial charge in [-0.3, -0.25) is 4.79 Å². The first kappa shape index (κ1) is 15.1. The Hall–Kier alpha value is -2.34. The van der Waals surface area contributed by atoms with Crippen molar-refractivity contribution >= 4 is 0 Å². The fraction of sp³-hybridized carbons (Fsp3) is 0.333. The molecule has 0 aliphatic rings. The van der Waals surface area contributed by atoms with Crippen molar-refractivity contribution in [3.8, 4) is 17.2 Å². The van der Waals surface area contributed by atoms with Crippen molar-refractivity contribution in [2.45, 2.75) is 20.4 Å². The molecule has 21 heavy (non-hydrogen) atoms. The van der Waals surface area contributed by atoms with Crippen molar-refractivity contribution in [1.82, 2.24) is 15.1 Å². The maximum absolute atomic E-state index is 12.1. The van der Waals surface area contributed by atoms with Crippen LogP contribution in [0.5, 0.6) is 11.5 Å². The summed E-state index contributed by atoms with van der Waals surface area (Å²) < 4.78 is 6.77. The molecule has 0 spiro atoms. The van der Waals surface area contributed by atoms with Crippen molar-refractivity contribution in [3.63, 3.8) is 0 Å². The van der Waals surface area contributed by atoms with E-state index in [9.17, 15) is 9.90 Å². The lowest BCUT2D eigenvalue weighted by Gasteiger charge is -2.13. The Bertz CT molecular complexity index is 667. The number of aromatic hydroxyl groups is 1. The third-order valence-electron chi connectivity index (χ3n) is 2.92. The highest BCUT2D eigenvalue weighted by Crippen LogP contribution is 2.21. The Kier molecular flexibility index (Phi) is 4.94. The van der Waals surface area contributed by atoms with Crippen molar-refractivity contribution < 1.29 is 9.84 Å². The molecule has 0 fully saturated rings. The topological polar surface area (TPSA) is 76.4 Å². The summed E-state index contributed by atoms with van der Waals surface area (Å²) in [6.07, 6.45) is 0. The predicted octanol–water partition coefficient (Wildman–Crippen LogP) is 1.45. The van der Waals surface area contributed by atoms with E-state index in [1.165, 1.54) is 10.7 Å². The maximum Gasteiger partial charge on any atom is 0.275 e. The quantitative estimate of drug-likeness (QED) is 0.841. The number of benzene rings is 1. The zero-order valence-electron chi connectivity index (χ0n) is 12.2. The van der Waals surface area contributed by atoms with Gasteiger partial charge in [0.1, 0.15) is 22.9 Å². The SMILES string of the molecule is CCNCc1nn(-c2ccccc2OCC)c(=O)cc1O. The van der Waals surface area contributed by atoms with Crippen LogP contribution in [0.4, 0.5) is 0 Å². The first-order valence-electron chi connectivity index (χ1n) is 6.92. The van der Waals surface area contributed by atoms with Gasteiger partial charge in [-0.15, -0.1) is 0 Å². The summed E-state index contributed by atoms with van der Waals surface area (Å²) in [4.78, 5) is 12.1. The van der Waals surface area contributed by atoms with Crippen molar-refractivity contribution in [3.05, 3.63) is 46.4 Å². The zero-order chi connectivity index (χ0) is 15.2. The number of hydrogen-bond acceptors (Lipinski definition) is 5. The van der Waals surface area contributed by atoms with E-state index in [2.05, 4.69) is 10.4 Å². The van der Waals surface area contributed by atoms with Crippen LogP contribution in [0, 0.1) is 0 Å². The number of ether oxygens (including phenoxy) is 1. The van der Waals surface area contributed by atoms with E-state index in [1.54, 1.807) is 12.1 Å². The van der Waals surface area contributed by atoms with E-state index in [4.69, 9.17) is 4.74 Å². The Morgan fingerprint density at radius 2 is 2.10 bits per heavy atom. The van der Waals surface area contributed by atoms with Gasteiger partial charge in [-0.2, -0.15) is 9.78 Å². The molecule has 6 heteroatoms. The number of aromatic nitrogens is 2. The van der Waals surface area contributed by atoms with Crippen LogP contribution >= 0.6 is 0 Å². The summed E-state index contributed by atoms with van der Waals surface area (Å²) in [6.45, 7) is 5.46. The van der Waals surface area contributed by atoms with Crippen LogP contribution in [-0.2, 0) is 6.54 Å². The minimum absolute atomic E-state index is 0.105. The number of nitrogens with zero attached hydrogens (tertiary/aromatic N) is 2. The fourth-order valence-corrected chi connectivity index (χ4v) is 1.93. The molecule has 6 nitrogen and oxygen atoms in total. The van der Waals surface area contributed by atoms with Crippen molar-refractivity contribution in [2.24, 2.45) is 0 Å². The van der Waals surface area contributed by atoms with Gasteiger partial charge in [-0.25, -0.2) is 0 Å². The minimum atomic E-state index is -0.403. The standard InChI is InChI=1S/C15H19N3O3/c1-3-16-10-11-13(19)9-15(20)18(17-11)12-7-5-6-8-14(12)21-4-2/h5-9,16,19H,3-4,10H2,1-2H3. The third kappa shape index (κ3) is 3.41. The van der Waals surface area contributed by atoms with Crippen LogP contribution < -0.4 is 15.6 Å². The predicted molar refractivity (Wildman–Crippen MR) is 80.0 cm³/mol. The third-order valence-corrected chi connectivity index (χ3v) is 2.92. The van der Waals surface area contributed by atoms with Crippen molar-refractivity contribution in [2.75, 3.05) is 13.2 Å². The zero-order valence-corrected chi connectivity index (χ0v) is 12.2. The molecule has 0 aliphatic heterocycles. The molecule has 0 saturated carbocycles. The highest BCUT2D eigenvalue weighted by atomic mass is 16.5. The first-order valence-corrected chi connectivity index (χ1v) is 6.92. The van der Waals surface area contributed by atoms with E-state index >= 15 is 0 Å².